The minimum absolute atomic E-state index is 0.244. The summed E-state index contributed by atoms with van der Waals surface area (Å²) in [5.74, 6) is -3.06. The maximum absolute atomic E-state index is 13.9. The Morgan fingerprint density at radius 1 is 1.14 bits per heavy atom. The zero-order chi connectivity index (χ0) is 20.3. The van der Waals surface area contributed by atoms with Gasteiger partial charge in [-0.1, -0.05) is 12.1 Å². The lowest BCUT2D eigenvalue weighted by Crippen LogP contribution is -2.36. The summed E-state index contributed by atoms with van der Waals surface area (Å²) < 4.78 is 27.2. The maximum atomic E-state index is 13.9. The molecule has 0 spiro atoms. The van der Waals surface area contributed by atoms with Crippen molar-refractivity contribution in [1.82, 2.24) is 4.90 Å². The summed E-state index contributed by atoms with van der Waals surface area (Å²) in [5.41, 5.74) is 1.51. The van der Waals surface area contributed by atoms with Crippen LogP contribution in [0.15, 0.2) is 42.5 Å². The van der Waals surface area contributed by atoms with Gasteiger partial charge in [0.1, 0.15) is 11.6 Å². The number of piperidine rings is 1. The third kappa shape index (κ3) is 4.47. The molecule has 1 aliphatic rings. The highest BCUT2D eigenvalue weighted by molar-refractivity contribution is 5.94. The average Bonchev–Trinajstić information content (AvgIpc) is 2.69. The Morgan fingerprint density at radius 3 is 2.54 bits per heavy atom. The molecule has 1 amide bonds. The number of hydrogen-bond acceptors (Lipinski definition) is 3. The molecule has 0 atom stereocenters. The third-order valence-electron chi connectivity index (χ3n) is 5.05. The van der Waals surface area contributed by atoms with E-state index in [2.05, 4.69) is 4.90 Å². The van der Waals surface area contributed by atoms with Gasteiger partial charge in [-0.25, -0.2) is 8.78 Å². The van der Waals surface area contributed by atoms with Gasteiger partial charge in [0.25, 0.3) is 5.91 Å². The molecule has 2 aromatic carbocycles. The first-order chi connectivity index (χ1) is 13.3. The lowest BCUT2D eigenvalue weighted by Gasteiger charge is -2.32. The second-order valence-electron chi connectivity index (χ2n) is 7.05. The van der Waals surface area contributed by atoms with Gasteiger partial charge in [-0.3, -0.25) is 9.59 Å². The number of anilines is 1. The van der Waals surface area contributed by atoms with Crippen molar-refractivity contribution in [3.63, 3.8) is 0 Å². The molecule has 28 heavy (non-hydrogen) atoms. The van der Waals surface area contributed by atoms with Crippen molar-refractivity contribution >= 4 is 17.6 Å². The number of hydrogen-bond donors (Lipinski definition) is 1. The SMILES string of the molecule is CN(Cc1cccc(N2CCC(C(=O)O)CC2)c1)C(=O)c1cc(F)ccc1F. The molecule has 0 unspecified atom stereocenters. The Morgan fingerprint density at radius 2 is 1.86 bits per heavy atom. The summed E-state index contributed by atoms with van der Waals surface area (Å²) >= 11 is 0. The third-order valence-corrected chi connectivity index (χ3v) is 5.05. The summed E-state index contributed by atoms with van der Waals surface area (Å²) in [6.07, 6.45) is 1.19. The highest BCUT2D eigenvalue weighted by atomic mass is 19.1. The van der Waals surface area contributed by atoms with Crippen molar-refractivity contribution in [2.45, 2.75) is 19.4 Å². The summed E-state index contributed by atoms with van der Waals surface area (Å²) in [6.45, 7) is 1.56. The van der Waals surface area contributed by atoms with Crippen LogP contribution in [-0.2, 0) is 11.3 Å². The van der Waals surface area contributed by atoms with Crippen molar-refractivity contribution in [3.8, 4) is 0 Å². The van der Waals surface area contributed by atoms with Crippen LogP contribution < -0.4 is 4.90 Å². The van der Waals surface area contributed by atoms with Crippen LogP contribution >= 0.6 is 0 Å². The van der Waals surface area contributed by atoms with E-state index in [1.807, 2.05) is 24.3 Å². The first-order valence-electron chi connectivity index (χ1n) is 9.12. The zero-order valence-corrected chi connectivity index (χ0v) is 15.6. The van der Waals surface area contributed by atoms with E-state index in [0.29, 0.717) is 25.9 Å². The Hall–Kier alpha value is -2.96. The van der Waals surface area contributed by atoms with Crippen molar-refractivity contribution in [2.24, 2.45) is 5.92 Å². The van der Waals surface area contributed by atoms with Crippen LogP contribution in [0.1, 0.15) is 28.8 Å². The number of rotatable bonds is 5. The molecule has 2 aromatic rings. The molecular weight excluding hydrogens is 366 g/mol. The number of carbonyl (C=O) groups is 2. The van der Waals surface area contributed by atoms with Crippen LogP contribution in [-0.4, -0.2) is 42.0 Å². The summed E-state index contributed by atoms with van der Waals surface area (Å²) in [5, 5.41) is 9.11. The number of amides is 1. The van der Waals surface area contributed by atoms with Gasteiger partial charge in [-0.05, 0) is 48.7 Å². The van der Waals surface area contributed by atoms with Gasteiger partial charge in [0.05, 0.1) is 11.5 Å². The van der Waals surface area contributed by atoms with Crippen LogP contribution in [0, 0.1) is 17.6 Å². The number of carboxylic acids is 1. The predicted octanol–water partition coefficient (Wildman–Crippen LogP) is 3.54. The number of nitrogens with zero attached hydrogens (tertiary/aromatic N) is 2. The normalized spacial score (nSPS) is 14.8. The molecule has 1 saturated heterocycles. The monoisotopic (exact) mass is 388 g/mol. The summed E-state index contributed by atoms with van der Waals surface area (Å²) in [7, 11) is 1.54. The fourth-order valence-electron chi connectivity index (χ4n) is 3.45. The highest BCUT2D eigenvalue weighted by Gasteiger charge is 2.24. The molecule has 3 rings (SSSR count). The Labute approximate surface area is 162 Å². The van der Waals surface area contributed by atoms with Crippen LogP contribution in [0.3, 0.4) is 0 Å². The average molecular weight is 388 g/mol. The molecule has 0 aliphatic carbocycles. The fraction of sp³-hybridized carbons (Fsp3) is 0.333. The Bertz CT molecular complexity index is 880. The molecule has 0 radical (unpaired) electrons. The molecular formula is C21H22F2N2O3. The molecule has 1 N–H and O–H groups in total. The summed E-state index contributed by atoms with van der Waals surface area (Å²) in [6, 6.07) is 10.4. The van der Waals surface area contributed by atoms with Crippen molar-refractivity contribution < 1.29 is 23.5 Å². The summed E-state index contributed by atoms with van der Waals surface area (Å²) in [4.78, 5) is 27.0. The van der Waals surface area contributed by atoms with E-state index in [9.17, 15) is 18.4 Å². The van der Waals surface area contributed by atoms with Gasteiger partial charge < -0.3 is 14.9 Å². The van der Waals surface area contributed by atoms with Gasteiger partial charge in [-0.2, -0.15) is 0 Å². The van der Waals surface area contributed by atoms with E-state index in [1.54, 1.807) is 0 Å². The zero-order valence-electron chi connectivity index (χ0n) is 15.6. The van der Waals surface area contributed by atoms with Crippen LogP contribution in [0.25, 0.3) is 0 Å². The van der Waals surface area contributed by atoms with Gasteiger partial charge >= 0.3 is 5.97 Å². The van der Waals surface area contributed by atoms with Crippen LogP contribution in [0.4, 0.5) is 14.5 Å². The van der Waals surface area contributed by atoms with E-state index >= 15 is 0 Å². The Kier molecular flexibility index (Phi) is 5.92. The molecule has 1 fully saturated rings. The van der Waals surface area contributed by atoms with Gasteiger partial charge in [0.15, 0.2) is 0 Å². The van der Waals surface area contributed by atoms with Crippen LogP contribution in [0.2, 0.25) is 0 Å². The van der Waals surface area contributed by atoms with Crippen molar-refractivity contribution in [3.05, 3.63) is 65.2 Å². The second kappa shape index (κ2) is 8.37. The van der Waals surface area contributed by atoms with Gasteiger partial charge in [-0.15, -0.1) is 0 Å². The minimum Gasteiger partial charge on any atom is -0.481 e. The highest BCUT2D eigenvalue weighted by Crippen LogP contribution is 2.25. The maximum Gasteiger partial charge on any atom is 0.306 e. The van der Waals surface area contributed by atoms with E-state index < -0.39 is 23.5 Å². The molecule has 1 heterocycles. The number of halogens is 2. The van der Waals surface area contributed by atoms with Crippen molar-refractivity contribution in [2.75, 3.05) is 25.0 Å². The molecule has 148 valence electrons. The standard InChI is InChI=1S/C21H22F2N2O3/c1-24(20(26)18-12-16(22)5-6-19(18)23)13-14-3-2-4-17(11-14)25-9-7-15(8-10-25)21(27)28/h2-6,11-12,15H,7-10,13H2,1H3,(H,27,28). The molecule has 0 aromatic heterocycles. The molecule has 7 heteroatoms. The van der Waals surface area contributed by atoms with Gasteiger partial charge in [0.2, 0.25) is 0 Å². The minimum atomic E-state index is -0.756. The van der Waals surface area contributed by atoms with Crippen molar-refractivity contribution in [1.29, 1.82) is 0 Å². The topological polar surface area (TPSA) is 60.9 Å². The Balaban J connectivity index is 1.68. The molecule has 0 saturated carbocycles. The van der Waals surface area contributed by atoms with Gasteiger partial charge in [0, 0.05) is 32.4 Å². The largest absolute Gasteiger partial charge is 0.481 e. The van der Waals surface area contributed by atoms with E-state index in [-0.39, 0.29) is 18.0 Å². The molecule has 0 bridgehead atoms. The smallest absolute Gasteiger partial charge is 0.306 e. The van der Waals surface area contributed by atoms with E-state index in [4.69, 9.17) is 5.11 Å². The lowest BCUT2D eigenvalue weighted by molar-refractivity contribution is -0.142. The molecule has 1 aliphatic heterocycles. The predicted molar refractivity (Wildman–Crippen MR) is 101 cm³/mol. The fourth-order valence-corrected chi connectivity index (χ4v) is 3.45. The first kappa shape index (κ1) is 19.8. The number of carbonyl (C=O) groups excluding carboxylic acids is 1. The quantitative estimate of drug-likeness (QED) is 0.851. The first-order valence-corrected chi connectivity index (χ1v) is 9.12. The second-order valence-corrected chi connectivity index (χ2v) is 7.05. The number of benzene rings is 2. The number of aliphatic carboxylic acids is 1. The van der Waals surface area contributed by atoms with E-state index in [1.165, 1.54) is 11.9 Å². The molecule has 5 nitrogen and oxygen atoms in total. The van der Waals surface area contributed by atoms with E-state index in [0.717, 1.165) is 29.4 Å². The lowest BCUT2D eigenvalue weighted by atomic mass is 9.96. The number of carboxylic acid groups (broad SMARTS) is 1. The van der Waals surface area contributed by atoms with Crippen LogP contribution in [0.5, 0.6) is 0 Å².